The normalized spacial score (nSPS) is 18.6. The fraction of sp³-hybridized carbons (Fsp3) is 0.231. The molecule has 3 nitrogen and oxygen atoms in total. The third-order valence-electron chi connectivity index (χ3n) is 2.78. The van der Waals surface area contributed by atoms with Gasteiger partial charge in [0.05, 0.1) is 12.7 Å². The third-order valence-corrected chi connectivity index (χ3v) is 3.22. The Kier molecular flexibility index (Phi) is 4.22. The van der Waals surface area contributed by atoms with Gasteiger partial charge in [-0.2, -0.15) is 0 Å². The number of hydrogen-bond acceptors (Lipinski definition) is 3. The van der Waals surface area contributed by atoms with E-state index in [1.165, 1.54) is 19.2 Å². The molecule has 19 heavy (non-hydrogen) atoms. The number of rotatable bonds is 2. The third kappa shape index (κ3) is 3.14. The second kappa shape index (κ2) is 5.72. The van der Waals surface area contributed by atoms with E-state index in [1.807, 2.05) is 0 Å². The first kappa shape index (κ1) is 14.0. The maximum Gasteiger partial charge on any atom is 0.338 e. The molecule has 1 atom stereocenters. The summed E-state index contributed by atoms with van der Waals surface area (Å²) in [4.78, 5) is 15.6. The highest BCUT2D eigenvalue weighted by Crippen LogP contribution is 2.32. The lowest BCUT2D eigenvalue weighted by Crippen LogP contribution is -2.12. The number of nitrogens with zero attached hydrogens (tertiary/aromatic N) is 1. The lowest BCUT2D eigenvalue weighted by Gasteiger charge is -2.18. The Hall–Kier alpha value is -1.39. The molecule has 1 heterocycles. The molecule has 0 aromatic heterocycles. The average molecular weight is 302 g/mol. The quantitative estimate of drug-likeness (QED) is 0.615. The highest BCUT2D eigenvalue weighted by molar-refractivity contribution is 6.66. The zero-order valence-corrected chi connectivity index (χ0v) is 11.5. The largest absolute Gasteiger partial charge is 0.465 e. The summed E-state index contributed by atoms with van der Waals surface area (Å²) >= 11 is 11.7. The van der Waals surface area contributed by atoms with Crippen LogP contribution in [0.5, 0.6) is 0 Å². The molecule has 0 radical (unpaired) electrons. The maximum absolute atomic E-state index is 13.3. The van der Waals surface area contributed by atoms with Crippen LogP contribution in [0.25, 0.3) is 0 Å². The molecule has 1 aliphatic rings. The molecular weight excluding hydrogens is 292 g/mol. The van der Waals surface area contributed by atoms with Crippen molar-refractivity contribution in [2.75, 3.05) is 7.11 Å². The van der Waals surface area contributed by atoms with Crippen LogP contribution in [-0.2, 0) is 4.74 Å². The summed E-state index contributed by atoms with van der Waals surface area (Å²) in [6.07, 6.45) is 2.08. The summed E-state index contributed by atoms with van der Waals surface area (Å²) in [5.74, 6) is -1.33. The van der Waals surface area contributed by atoms with Crippen LogP contribution in [0.1, 0.15) is 28.3 Å². The number of aliphatic imine (C=N–C) groups is 1. The number of allylic oxidation sites excluding steroid dienone is 1. The van der Waals surface area contributed by atoms with Crippen LogP contribution in [0.4, 0.5) is 4.39 Å². The minimum absolute atomic E-state index is 0.166. The van der Waals surface area contributed by atoms with Gasteiger partial charge in [-0.25, -0.2) is 14.2 Å². The number of carbonyl (C=O) groups is 1. The molecule has 0 saturated heterocycles. The van der Waals surface area contributed by atoms with Gasteiger partial charge < -0.3 is 4.74 Å². The molecule has 0 bridgehead atoms. The summed E-state index contributed by atoms with van der Waals surface area (Å²) in [6, 6.07) is 3.95. The van der Waals surface area contributed by atoms with E-state index in [0.717, 1.165) is 6.07 Å². The molecule has 1 unspecified atom stereocenters. The minimum Gasteiger partial charge on any atom is -0.465 e. The molecule has 100 valence electrons. The van der Waals surface area contributed by atoms with Gasteiger partial charge >= 0.3 is 5.97 Å². The zero-order chi connectivity index (χ0) is 14.0. The molecule has 0 spiro atoms. The zero-order valence-electron chi connectivity index (χ0n) is 9.99. The highest BCUT2D eigenvalue weighted by Gasteiger charge is 2.23. The Bertz CT molecular complexity index is 584. The molecule has 0 saturated carbocycles. The summed E-state index contributed by atoms with van der Waals surface area (Å²) in [5.41, 5.74) is 0.777. The number of halogens is 3. The molecule has 0 N–H and O–H groups in total. The predicted octanol–water partition coefficient (Wildman–Crippen LogP) is 3.82. The van der Waals surface area contributed by atoms with Gasteiger partial charge in [0.2, 0.25) is 0 Å². The van der Waals surface area contributed by atoms with Gasteiger partial charge in [0.1, 0.15) is 16.1 Å². The van der Waals surface area contributed by atoms with Crippen molar-refractivity contribution in [1.29, 1.82) is 0 Å². The number of benzene rings is 1. The van der Waals surface area contributed by atoms with E-state index >= 15 is 0 Å². The van der Waals surface area contributed by atoms with E-state index in [2.05, 4.69) is 9.73 Å². The summed E-state index contributed by atoms with van der Waals surface area (Å²) in [7, 11) is 1.25. The average Bonchev–Trinajstić information content (AvgIpc) is 2.36. The molecule has 0 aliphatic carbocycles. The van der Waals surface area contributed by atoms with Crippen LogP contribution in [0, 0.1) is 5.82 Å². The topological polar surface area (TPSA) is 38.7 Å². The van der Waals surface area contributed by atoms with E-state index in [9.17, 15) is 9.18 Å². The molecule has 2 rings (SSSR count). The Morgan fingerprint density at radius 3 is 2.84 bits per heavy atom. The Balaban J connectivity index is 2.46. The lowest BCUT2D eigenvalue weighted by atomic mass is 9.90. The van der Waals surface area contributed by atoms with Gasteiger partial charge in [-0.1, -0.05) is 29.3 Å². The van der Waals surface area contributed by atoms with E-state index in [-0.39, 0.29) is 16.6 Å². The van der Waals surface area contributed by atoms with Gasteiger partial charge in [0, 0.05) is 12.3 Å². The van der Waals surface area contributed by atoms with Crippen molar-refractivity contribution < 1.29 is 13.9 Å². The molecule has 0 amide bonds. The van der Waals surface area contributed by atoms with Crippen molar-refractivity contribution in [1.82, 2.24) is 0 Å². The van der Waals surface area contributed by atoms with Gasteiger partial charge in [-0.15, -0.1) is 0 Å². The molecule has 0 fully saturated rings. The van der Waals surface area contributed by atoms with Crippen LogP contribution in [0.3, 0.4) is 0 Å². The first-order valence-corrected chi connectivity index (χ1v) is 6.25. The van der Waals surface area contributed by atoms with E-state index in [0.29, 0.717) is 17.2 Å². The van der Waals surface area contributed by atoms with Crippen molar-refractivity contribution in [2.45, 2.75) is 12.3 Å². The second-order valence-electron chi connectivity index (χ2n) is 4.01. The van der Waals surface area contributed by atoms with Crippen molar-refractivity contribution in [3.63, 3.8) is 0 Å². The van der Waals surface area contributed by atoms with Gasteiger partial charge in [0.25, 0.3) is 0 Å². The number of carbonyl (C=O) groups excluding carboxylic acids is 1. The van der Waals surface area contributed by atoms with Crippen LogP contribution in [-0.4, -0.2) is 18.2 Å². The Labute approximate surface area is 119 Å². The smallest absolute Gasteiger partial charge is 0.338 e. The number of esters is 1. The molecule has 6 heteroatoms. The van der Waals surface area contributed by atoms with Crippen molar-refractivity contribution in [3.05, 3.63) is 46.4 Å². The van der Waals surface area contributed by atoms with Crippen molar-refractivity contribution in [3.8, 4) is 0 Å². The van der Waals surface area contributed by atoms with Crippen molar-refractivity contribution >= 4 is 34.3 Å². The second-order valence-corrected chi connectivity index (χ2v) is 4.83. The fourth-order valence-electron chi connectivity index (χ4n) is 1.94. The summed E-state index contributed by atoms with van der Waals surface area (Å²) in [5, 5.41) is 0.596. The van der Waals surface area contributed by atoms with E-state index in [4.69, 9.17) is 23.2 Å². The molecular formula is C13H10Cl2FNO2. The van der Waals surface area contributed by atoms with Crippen LogP contribution >= 0.6 is 23.2 Å². The predicted molar refractivity (Wildman–Crippen MR) is 72.3 cm³/mol. The monoisotopic (exact) mass is 301 g/mol. The van der Waals surface area contributed by atoms with E-state index in [1.54, 1.807) is 6.08 Å². The van der Waals surface area contributed by atoms with Crippen molar-refractivity contribution in [2.24, 2.45) is 4.99 Å². The standard InChI is InChI=1S/C13H10Cl2FNO2/c1-19-13(18)10-6-8(16)2-3-9(10)7-4-11(14)17-12(15)5-7/h2-4,6-7H,5H2,1H3. The SMILES string of the molecule is COC(=O)c1cc(F)ccc1C1C=C(Cl)N=C(Cl)C1. The van der Waals surface area contributed by atoms with Gasteiger partial charge in [-0.05, 0) is 23.8 Å². The van der Waals surface area contributed by atoms with Gasteiger partial charge in [-0.3, -0.25) is 0 Å². The molecule has 1 aromatic carbocycles. The number of methoxy groups -OCH3 is 1. The first-order valence-electron chi connectivity index (χ1n) is 5.49. The van der Waals surface area contributed by atoms with Crippen LogP contribution < -0.4 is 0 Å². The first-order chi connectivity index (χ1) is 9.01. The number of ether oxygens (including phenoxy) is 1. The van der Waals surface area contributed by atoms with E-state index < -0.39 is 11.8 Å². The molecule has 1 aliphatic heterocycles. The maximum atomic E-state index is 13.3. The fourth-order valence-corrected chi connectivity index (χ4v) is 2.50. The molecule has 1 aromatic rings. The Morgan fingerprint density at radius 1 is 1.47 bits per heavy atom. The summed E-state index contributed by atoms with van der Waals surface area (Å²) in [6.45, 7) is 0. The Morgan fingerprint density at radius 2 is 2.21 bits per heavy atom. The van der Waals surface area contributed by atoms with Crippen LogP contribution in [0.2, 0.25) is 0 Å². The van der Waals surface area contributed by atoms with Crippen LogP contribution in [0.15, 0.2) is 34.4 Å². The lowest BCUT2D eigenvalue weighted by molar-refractivity contribution is 0.0598. The number of hydrogen-bond donors (Lipinski definition) is 0. The summed E-state index contributed by atoms with van der Waals surface area (Å²) < 4.78 is 17.9. The highest BCUT2D eigenvalue weighted by atomic mass is 35.5. The minimum atomic E-state index is -0.599. The van der Waals surface area contributed by atoms with Gasteiger partial charge in [0.15, 0.2) is 0 Å².